The van der Waals surface area contributed by atoms with Crippen LogP contribution < -0.4 is 4.90 Å². The Hall–Kier alpha value is -1.70. The highest BCUT2D eigenvalue weighted by molar-refractivity contribution is 5.53. The zero-order valence-electron chi connectivity index (χ0n) is 9.31. The Morgan fingerprint density at radius 2 is 2.12 bits per heavy atom. The first-order valence-corrected chi connectivity index (χ1v) is 5.60. The van der Waals surface area contributed by atoms with E-state index in [0.717, 1.165) is 0 Å². The molecule has 0 bridgehead atoms. The van der Waals surface area contributed by atoms with Crippen molar-refractivity contribution in [3.63, 3.8) is 0 Å². The van der Waals surface area contributed by atoms with Gasteiger partial charge in [0.2, 0.25) is 6.43 Å². The molecule has 0 radical (unpaired) electrons. The van der Waals surface area contributed by atoms with Gasteiger partial charge in [-0.15, -0.1) is 0 Å². The molecule has 2 rings (SSSR count). The van der Waals surface area contributed by atoms with Gasteiger partial charge < -0.3 is 4.90 Å². The molecule has 0 N–H and O–H groups in total. The molecule has 90 valence electrons. The fraction of sp³-hybridized carbons (Fsp3) is 0.500. The minimum atomic E-state index is -2.24. The maximum atomic E-state index is 12.5. The number of rotatable bonds is 2. The van der Waals surface area contributed by atoms with Crippen molar-refractivity contribution in [3.05, 3.63) is 23.9 Å². The van der Waals surface area contributed by atoms with Gasteiger partial charge in [0.1, 0.15) is 11.9 Å². The summed E-state index contributed by atoms with van der Waals surface area (Å²) < 4.78 is 25.0. The zero-order chi connectivity index (χ0) is 12.3. The molecule has 0 amide bonds. The molecule has 2 heterocycles. The summed E-state index contributed by atoms with van der Waals surface area (Å²) in [4.78, 5) is 6.07. The minimum Gasteiger partial charge on any atom is -0.355 e. The van der Waals surface area contributed by atoms with Crippen LogP contribution in [0, 0.1) is 17.2 Å². The number of hydrogen-bond acceptors (Lipinski definition) is 3. The van der Waals surface area contributed by atoms with Crippen LogP contribution in [0.15, 0.2) is 18.3 Å². The van der Waals surface area contributed by atoms with E-state index in [4.69, 9.17) is 5.26 Å². The van der Waals surface area contributed by atoms with E-state index in [0.29, 0.717) is 37.3 Å². The molecule has 0 atom stereocenters. The maximum Gasteiger partial charge on any atom is 0.241 e. The first-order chi connectivity index (χ1) is 8.22. The molecule has 1 saturated heterocycles. The molecule has 1 aliphatic heterocycles. The third-order valence-corrected chi connectivity index (χ3v) is 3.10. The normalized spacial score (nSPS) is 17.2. The summed E-state index contributed by atoms with van der Waals surface area (Å²) in [6, 6.07) is 5.47. The molecule has 0 spiro atoms. The molecular formula is C12H13F2N3. The lowest BCUT2D eigenvalue weighted by molar-refractivity contribution is 0.0635. The van der Waals surface area contributed by atoms with Crippen molar-refractivity contribution in [1.29, 1.82) is 5.26 Å². The summed E-state index contributed by atoms with van der Waals surface area (Å²) in [5.41, 5.74) is 0.503. The molecule has 17 heavy (non-hydrogen) atoms. The molecule has 0 saturated carbocycles. The molecule has 5 heteroatoms. The van der Waals surface area contributed by atoms with Crippen molar-refractivity contribution in [3.8, 4) is 6.07 Å². The van der Waals surface area contributed by atoms with Crippen LogP contribution in [-0.4, -0.2) is 24.5 Å². The van der Waals surface area contributed by atoms with Crippen LogP contribution >= 0.6 is 0 Å². The van der Waals surface area contributed by atoms with Gasteiger partial charge in [-0.3, -0.25) is 0 Å². The Balaban J connectivity index is 2.08. The highest BCUT2D eigenvalue weighted by Gasteiger charge is 2.27. The van der Waals surface area contributed by atoms with Gasteiger partial charge in [0, 0.05) is 25.2 Å². The second-order valence-electron chi connectivity index (χ2n) is 4.15. The van der Waals surface area contributed by atoms with Crippen LogP contribution in [0.2, 0.25) is 0 Å². The van der Waals surface area contributed by atoms with Crippen molar-refractivity contribution in [2.24, 2.45) is 5.92 Å². The second kappa shape index (κ2) is 5.09. The van der Waals surface area contributed by atoms with Crippen LogP contribution in [0.25, 0.3) is 0 Å². The highest BCUT2D eigenvalue weighted by atomic mass is 19.3. The van der Waals surface area contributed by atoms with Gasteiger partial charge in [0.05, 0.1) is 5.56 Å². The average Bonchev–Trinajstić information content (AvgIpc) is 2.39. The number of piperidine rings is 1. The third-order valence-electron chi connectivity index (χ3n) is 3.10. The van der Waals surface area contributed by atoms with Gasteiger partial charge in [-0.1, -0.05) is 0 Å². The lowest BCUT2D eigenvalue weighted by Crippen LogP contribution is -2.36. The van der Waals surface area contributed by atoms with Gasteiger partial charge in [-0.2, -0.15) is 5.26 Å². The molecule has 1 fully saturated rings. The molecule has 0 aliphatic carbocycles. The Morgan fingerprint density at radius 3 is 2.71 bits per heavy atom. The van der Waals surface area contributed by atoms with E-state index in [1.807, 2.05) is 4.90 Å². The minimum absolute atomic E-state index is 0.457. The number of aromatic nitrogens is 1. The molecule has 1 aliphatic rings. The van der Waals surface area contributed by atoms with E-state index >= 15 is 0 Å². The van der Waals surface area contributed by atoms with Crippen LogP contribution in [0.3, 0.4) is 0 Å². The fourth-order valence-corrected chi connectivity index (χ4v) is 2.10. The summed E-state index contributed by atoms with van der Waals surface area (Å²) >= 11 is 0. The number of pyridine rings is 1. The zero-order valence-corrected chi connectivity index (χ0v) is 9.31. The van der Waals surface area contributed by atoms with E-state index < -0.39 is 12.3 Å². The number of nitriles is 1. The predicted octanol–water partition coefficient (Wildman–Crippen LogP) is 2.43. The van der Waals surface area contributed by atoms with Gasteiger partial charge >= 0.3 is 0 Å². The fourth-order valence-electron chi connectivity index (χ4n) is 2.10. The van der Waals surface area contributed by atoms with E-state index in [2.05, 4.69) is 11.1 Å². The summed E-state index contributed by atoms with van der Waals surface area (Å²) in [6.45, 7) is 1.08. The monoisotopic (exact) mass is 237 g/mol. The molecule has 0 unspecified atom stereocenters. The molecular weight excluding hydrogens is 224 g/mol. The van der Waals surface area contributed by atoms with Crippen LogP contribution in [-0.2, 0) is 0 Å². The van der Waals surface area contributed by atoms with Crippen molar-refractivity contribution < 1.29 is 8.78 Å². The number of hydrogen-bond donors (Lipinski definition) is 0. The first-order valence-electron chi connectivity index (χ1n) is 5.60. The SMILES string of the molecule is N#Cc1cccnc1N1CCC(C(F)F)CC1. The Labute approximate surface area is 98.7 Å². The third kappa shape index (κ3) is 2.52. The Bertz CT molecular complexity index is 420. The molecule has 0 aromatic carbocycles. The summed E-state index contributed by atoms with van der Waals surface area (Å²) in [7, 11) is 0. The topological polar surface area (TPSA) is 39.9 Å². The Kier molecular flexibility index (Phi) is 3.52. The summed E-state index contributed by atoms with van der Waals surface area (Å²) in [5.74, 6) is 0.100. The average molecular weight is 237 g/mol. The number of nitrogens with zero attached hydrogens (tertiary/aromatic N) is 3. The molecule has 1 aromatic heterocycles. The smallest absolute Gasteiger partial charge is 0.241 e. The molecule has 1 aromatic rings. The highest BCUT2D eigenvalue weighted by Crippen LogP contribution is 2.27. The van der Waals surface area contributed by atoms with Gasteiger partial charge in [0.25, 0.3) is 0 Å². The van der Waals surface area contributed by atoms with Gasteiger partial charge in [-0.25, -0.2) is 13.8 Å². The quantitative estimate of drug-likeness (QED) is 0.793. The van der Waals surface area contributed by atoms with Crippen molar-refractivity contribution in [2.45, 2.75) is 19.3 Å². The predicted molar refractivity (Wildman–Crippen MR) is 59.9 cm³/mol. The van der Waals surface area contributed by atoms with Crippen LogP contribution in [0.4, 0.5) is 14.6 Å². The number of alkyl halides is 2. The number of halogens is 2. The van der Waals surface area contributed by atoms with Crippen molar-refractivity contribution in [2.75, 3.05) is 18.0 Å². The standard InChI is InChI=1S/C12H13F2N3/c13-11(14)9-3-6-17(7-4-9)12-10(8-15)2-1-5-16-12/h1-2,5,9,11H,3-4,6-7H2. The van der Waals surface area contributed by atoms with Crippen LogP contribution in [0.5, 0.6) is 0 Å². The van der Waals surface area contributed by atoms with Gasteiger partial charge in [0.15, 0.2) is 0 Å². The lowest BCUT2D eigenvalue weighted by atomic mass is 9.97. The second-order valence-corrected chi connectivity index (χ2v) is 4.15. The maximum absolute atomic E-state index is 12.5. The van der Waals surface area contributed by atoms with E-state index in [1.165, 1.54) is 0 Å². The van der Waals surface area contributed by atoms with Crippen LogP contribution in [0.1, 0.15) is 18.4 Å². The van der Waals surface area contributed by atoms with Gasteiger partial charge in [-0.05, 0) is 25.0 Å². The van der Waals surface area contributed by atoms with E-state index in [1.54, 1.807) is 18.3 Å². The lowest BCUT2D eigenvalue weighted by Gasteiger charge is -2.32. The summed E-state index contributed by atoms with van der Waals surface area (Å²) in [5, 5.41) is 8.95. The first kappa shape index (κ1) is 11.8. The van der Waals surface area contributed by atoms with E-state index in [9.17, 15) is 8.78 Å². The largest absolute Gasteiger partial charge is 0.355 e. The van der Waals surface area contributed by atoms with Crippen molar-refractivity contribution in [1.82, 2.24) is 4.98 Å². The van der Waals surface area contributed by atoms with Crippen molar-refractivity contribution >= 4 is 5.82 Å². The molecule has 3 nitrogen and oxygen atoms in total. The Morgan fingerprint density at radius 1 is 1.41 bits per heavy atom. The number of anilines is 1. The summed E-state index contributed by atoms with van der Waals surface area (Å²) in [6.07, 6.45) is 0.296. The van der Waals surface area contributed by atoms with E-state index in [-0.39, 0.29) is 0 Å².